The highest BCUT2D eigenvalue weighted by molar-refractivity contribution is 5.98. The van der Waals surface area contributed by atoms with Gasteiger partial charge in [-0.1, -0.05) is 30.3 Å². The van der Waals surface area contributed by atoms with E-state index in [-0.39, 0.29) is 11.7 Å². The van der Waals surface area contributed by atoms with E-state index in [0.717, 1.165) is 68.7 Å². The fourth-order valence-electron chi connectivity index (χ4n) is 4.29. The predicted molar refractivity (Wildman–Crippen MR) is 125 cm³/mol. The van der Waals surface area contributed by atoms with Gasteiger partial charge in [-0.2, -0.15) is 0 Å². The quantitative estimate of drug-likeness (QED) is 0.604. The summed E-state index contributed by atoms with van der Waals surface area (Å²) < 4.78 is 13.3. The second-order valence-corrected chi connectivity index (χ2v) is 8.52. The second-order valence-electron chi connectivity index (χ2n) is 8.52. The van der Waals surface area contributed by atoms with E-state index >= 15 is 0 Å². The SMILES string of the molecule is O=C(O)/C=C/C(=O)O.O=C1c2ccccc2CN1CC1CCN(CCc2cccc(F)c2)CC1. The van der Waals surface area contributed by atoms with Crippen LogP contribution in [0.2, 0.25) is 0 Å². The van der Waals surface area contributed by atoms with Crippen molar-refractivity contribution >= 4 is 17.8 Å². The van der Waals surface area contributed by atoms with Gasteiger partial charge in [-0.05, 0) is 67.6 Å². The summed E-state index contributed by atoms with van der Waals surface area (Å²) in [5.74, 6) is -1.90. The first-order valence-electron chi connectivity index (χ1n) is 11.3. The Bertz CT molecular complexity index is 1030. The van der Waals surface area contributed by atoms with Gasteiger partial charge in [0.1, 0.15) is 5.82 Å². The summed E-state index contributed by atoms with van der Waals surface area (Å²) in [5, 5.41) is 15.6. The summed E-state index contributed by atoms with van der Waals surface area (Å²) >= 11 is 0. The van der Waals surface area contributed by atoms with Gasteiger partial charge < -0.3 is 20.0 Å². The molecule has 180 valence electrons. The third kappa shape index (κ3) is 7.52. The molecule has 0 aromatic heterocycles. The van der Waals surface area contributed by atoms with E-state index in [4.69, 9.17) is 10.2 Å². The van der Waals surface area contributed by atoms with Crippen molar-refractivity contribution in [1.82, 2.24) is 9.80 Å². The molecule has 0 radical (unpaired) electrons. The van der Waals surface area contributed by atoms with Crippen LogP contribution in [0.15, 0.2) is 60.7 Å². The zero-order chi connectivity index (χ0) is 24.5. The van der Waals surface area contributed by atoms with Gasteiger partial charge in [-0.25, -0.2) is 14.0 Å². The summed E-state index contributed by atoms with van der Waals surface area (Å²) in [6.07, 6.45) is 4.26. The molecule has 2 aromatic rings. The highest BCUT2D eigenvalue weighted by Crippen LogP contribution is 2.26. The molecule has 2 aromatic carbocycles. The lowest BCUT2D eigenvalue weighted by atomic mass is 9.96. The van der Waals surface area contributed by atoms with Crippen molar-refractivity contribution in [3.8, 4) is 0 Å². The molecule has 1 saturated heterocycles. The highest BCUT2D eigenvalue weighted by atomic mass is 19.1. The van der Waals surface area contributed by atoms with Gasteiger partial charge in [0.15, 0.2) is 0 Å². The molecule has 7 nitrogen and oxygen atoms in total. The molecule has 0 spiro atoms. The summed E-state index contributed by atoms with van der Waals surface area (Å²) in [6, 6.07) is 14.8. The van der Waals surface area contributed by atoms with E-state index in [1.807, 2.05) is 29.2 Å². The number of amides is 1. The van der Waals surface area contributed by atoms with Crippen molar-refractivity contribution in [2.24, 2.45) is 5.92 Å². The van der Waals surface area contributed by atoms with E-state index in [9.17, 15) is 18.8 Å². The molecule has 4 rings (SSSR count). The predicted octanol–water partition coefficient (Wildman–Crippen LogP) is 3.45. The first kappa shape index (κ1) is 25.1. The topological polar surface area (TPSA) is 98.1 Å². The molecule has 2 heterocycles. The lowest BCUT2D eigenvalue weighted by Crippen LogP contribution is -2.39. The Kier molecular flexibility index (Phi) is 8.93. The Morgan fingerprint density at radius 3 is 2.29 bits per heavy atom. The monoisotopic (exact) mass is 468 g/mol. The minimum atomic E-state index is -1.26. The number of nitrogens with zero attached hydrogens (tertiary/aromatic N) is 2. The van der Waals surface area contributed by atoms with E-state index < -0.39 is 11.9 Å². The molecule has 0 aliphatic carbocycles. The number of carbonyl (C=O) groups is 3. The molecule has 0 bridgehead atoms. The van der Waals surface area contributed by atoms with Crippen molar-refractivity contribution in [1.29, 1.82) is 0 Å². The van der Waals surface area contributed by atoms with E-state index in [0.29, 0.717) is 18.1 Å². The van der Waals surface area contributed by atoms with Crippen molar-refractivity contribution in [3.63, 3.8) is 0 Å². The maximum absolute atomic E-state index is 13.3. The number of carbonyl (C=O) groups excluding carboxylic acids is 1. The molecule has 0 saturated carbocycles. The Morgan fingerprint density at radius 1 is 1.00 bits per heavy atom. The van der Waals surface area contributed by atoms with Gasteiger partial charge >= 0.3 is 11.9 Å². The average molecular weight is 469 g/mol. The van der Waals surface area contributed by atoms with Gasteiger partial charge in [-0.3, -0.25) is 4.79 Å². The van der Waals surface area contributed by atoms with Crippen LogP contribution in [0.3, 0.4) is 0 Å². The third-order valence-electron chi connectivity index (χ3n) is 6.06. The lowest BCUT2D eigenvalue weighted by Gasteiger charge is -2.33. The van der Waals surface area contributed by atoms with Crippen LogP contribution in [0.1, 0.15) is 34.3 Å². The molecule has 0 unspecified atom stereocenters. The zero-order valence-corrected chi connectivity index (χ0v) is 18.9. The molecule has 2 aliphatic rings. The van der Waals surface area contributed by atoms with Crippen LogP contribution in [0.25, 0.3) is 0 Å². The minimum Gasteiger partial charge on any atom is -0.478 e. The van der Waals surface area contributed by atoms with Crippen molar-refractivity contribution in [3.05, 3.63) is 83.2 Å². The summed E-state index contributed by atoms with van der Waals surface area (Å²) in [6.45, 7) is 4.73. The lowest BCUT2D eigenvalue weighted by molar-refractivity contribution is -0.134. The van der Waals surface area contributed by atoms with E-state index in [2.05, 4.69) is 11.0 Å². The van der Waals surface area contributed by atoms with Gasteiger partial charge in [0.2, 0.25) is 0 Å². The summed E-state index contributed by atoms with van der Waals surface area (Å²) in [5.41, 5.74) is 3.10. The van der Waals surface area contributed by atoms with Crippen LogP contribution in [0, 0.1) is 11.7 Å². The fourth-order valence-corrected chi connectivity index (χ4v) is 4.29. The maximum Gasteiger partial charge on any atom is 0.328 e. The molecular weight excluding hydrogens is 439 g/mol. The smallest absolute Gasteiger partial charge is 0.328 e. The van der Waals surface area contributed by atoms with Gasteiger partial charge in [0.05, 0.1) is 0 Å². The molecule has 2 aliphatic heterocycles. The van der Waals surface area contributed by atoms with Crippen LogP contribution >= 0.6 is 0 Å². The first-order chi connectivity index (χ1) is 16.3. The number of piperidine rings is 1. The molecule has 8 heteroatoms. The number of hydrogen-bond donors (Lipinski definition) is 2. The Hall–Kier alpha value is -3.52. The van der Waals surface area contributed by atoms with Crippen LogP contribution in [0.4, 0.5) is 4.39 Å². The van der Waals surface area contributed by atoms with Gasteiger partial charge in [-0.15, -0.1) is 0 Å². The van der Waals surface area contributed by atoms with Crippen LogP contribution in [0.5, 0.6) is 0 Å². The van der Waals surface area contributed by atoms with Crippen molar-refractivity contribution < 1.29 is 29.0 Å². The zero-order valence-electron chi connectivity index (χ0n) is 18.9. The van der Waals surface area contributed by atoms with Crippen molar-refractivity contribution in [2.75, 3.05) is 26.2 Å². The standard InChI is InChI=1S/C22H25FN2O.C4H4O4/c23-20-6-3-4-17(14-20)8-11-24-12-9-18(10-13-24)15-25-16-19-5-1-2-7-21(19)22(25)26;5-3(6)1-2-4(7)8/h1-7,14,18H,8-13,15-16H2;1-2H,(H,5,6)(H,7,8)/b;2-1+. The molecule has 1 amide bonds. The van der Waals surface area contributed by atoms with Gasteiger partial charge in [0.25, 0.3) is 5.91 Å². The number of likely N-dealkylation sites (tertiary alicyclic amines) is 1. The Labute approximate surface area is 198 Å². The normalized spacial score (nSPS) is 16.3. The third-order valence-corrected chi connectivity index (χ3v) is 6.06. The second kappa shape index (κ2) is 12.1. The summed E-state index contributed by atoms with van der Waals surface area (Å²) in [4.78, 5) is 36.1. The van der Waals surface area contributed by atoms with Crippen LogP contribution in [-0.2, 0) is 22.6 Å². The number of carboxylic acids is 2. The van der Waals surface area contributed by atoms with E-state index in [1.54, 1.807) is 12.1 Å². The molecule has 0 atom stereocenters. The molecular formula is C26H29FN2O5. The largest absolute Gasteiger partial charge is 0.478 e. The number of benzene rings is 2. The Balaban J connectivity index is 0.000000350. The molecule has 2 N–H and O–H groups in total. The van der Waals surface area contributed by atoms with Crippen molar-refractivity contribution in [2.45, 2.75) is 25.8 Å². The number of fused-ring (bicyclic) bond motifs is 1. The number of halogens is 1. The number of rotatable bonds is 7. The van der Waals surface area contributed by atoms with Crippen LogP contribution < -0.4 is 0 Å². The number of hydrogen-bond acceptors (Lipinski definition) is 4. The van der Waals surface area contributed by atoms with E-state index in [1.165, 1.54) is 6.07 Å². The minimum absolute atomic E-state index is 0.155. The first-order valence-corrected chi connectivity index (χ1v) is 11.3. The average Bonchev–Trinajstić information content (AvgIpc) is 3.13. The van der Waals surface area contributed by atoms with Gasteiger partial charge in [0, 0.05) is 37.3 Å². The fraction of sp³-hybridized carbons (Fsp3) is 0.346. The van der Waals surface area contributed by atoms with Crippen LogP contribution in [-0.4, -0.2) is 64.0 Å². The molecule has 1 fully saturated rings. The maximum atomic E-state index is 13.3. The number of carboxylic acid groups (broad SMARTS) is 2. The summed E-state index contributed by atoms with van der Waals surface area (Å²) in [7, 11) is 0. The highest BCUT2D eigenvalue weighted by Gasteiger charge is 2.29. The molecule has 34 heavy (non-hydrogen) atoms. The number of aliphatic carboxylic acids is 2. The Morgan fingerprint density at radius 2 is 1.68 bits per heavy atom.